The Hall–Kier alpha value is 0.972. The third kappa shape index (κ3) is 20.6. The largest absolute Gasteiger partial charge is 0.358 e. The van der Waals surface area contributed by atoms with E-state index in [9.17, 15) is 0 Å². The molecule has 0 aromatic heterocycles. The second kappa shape index (κ2) is 33.6. The molecule has 0 atom stereocenters. The molecule has 0 saturated carbocycles. The van der Waals surface area contributed by atoms with Gasteiger partial charge in [-0.05, 0) is 23.1 Å². The van der Waals surface area contributed by atoms with Crippen molar-refractivity contribution in [3.05, 3.63) is 111 Å². The first kappa shape index (κ1) is 43.8. The number of hydrogen-bond donors (Lipinski definition) is 0. The SMILES string of the molecule is CC.CC.CCc1ccccc1-c1ccccc1.[CH3-].[CH3-].[Y].[Y].[Y].[c-]1ccccc1. The molecule has 0 bridgehead atoms. The molecule has 0 amide bonds. The summed E-state index contributed by atoms with van der Waals surface area (Å²) in [5.41, 5.74) is 4.08. The minimum absolute atomic E-state index is 0. The Bertz CT molecular complexity index is 584. The molecule has 0 saturated heterocycles. The molecule has 0 nitrogen and oxygen atoms in total. The van der Waals surface area contributed by atoms with Gasteiger partial charge in [-0.2, -0.15) is 36.4 Å². The second-order valence-corrected chi connectivity index (χ2v) is 4.45. The standard InChI is InChI=1S/C14H14.C6H5.2C2H6.2CH3.3Y/c1-2-12-8-6-7-11-14(12)13-9-4-3-5-10-13;1-2-4-6-5-3-1;2*1-2;;;;;/h3-11H,2H2,1H3;1-5H;2*1-2H3;2*1H3;;;/q;-1;;;2*-1;;;. The van der Waals surface area contributed by atoms with Crippen molar-refractivity contribution >= 4 is 0 Å². The first-order valence-electron chi connectivity index (χ1n) is 8.96. The van der Waals surface area contributed by atoms with E-state index < -0.39 is 0 Å². The van der Waals surface area contributed by atoms with Crippen molar-refractivity contribution in [1.82, 2.24) is 0 Å². The molecular weight excluding hydrogens is 579 g/mol. The van der Waals surface area contributed by atoms with Gasteiger partial charge in [0.2, 0.25) is 0 Å². The quantitative estimate of drug-likeness (QED) is 0.254. The van der Waals surface area contributed by atoms with Crippen molar-refractivity contribution in [3.8, 4) is 11.1 Å². The van der Waals surface area contributed by atoms with Crippen LogP contribution in [0.2, 0.25) is 0 Å². The molecule has 29 heavy (non-hydrogen) atoms. The summed E-state index contributed by atoms with van der Waals surface area (Å²) < 4.78 is 0. The van der Waals surface area contributed by atoms with Gasteiger partial charge >= 0.3 is 0 Å². The number of benzene rings is 3. The van der Waals surface area contributed by atoms with Crippen LogP contribution in [0, 0.1) is 20.9 Å². The molecule has 0 fully saturated rings. The van der Waals surface area contributed by atoms with E-state index in [1.54, 1.807) is 0 Å². The summed E-state index contributed by atoms with van der Waals surface area (Å²) in [6, 6.07) is 31.6. The first-order valence-corrected chi connectivity index (χ1v) is 8.96. The van der Waals surface area contributed by atoms with Gasteiger partial charge in [0.15, 0.2) is 0 Å². The first-order chi connectivity index (χ1) is 11.9. The zero-order valence-electron chi connectivity index (χ0n) is 19.5. The Kier molecular flexibility index (Phi) is 50.7. The van der Waals surface area contributed by atoms with Crippen LogP contribution in [0.4, 0.5) is 0 Å². The van der Waals surface area contributed by atoms with Crippen LogP contribution in [0.5, 0.6) is 0 Å². The molecule has 3 aromatic carbocycles. The zero-order valence-corrected chi connectivity index (χ0v) is 28.0. The van der Waals surface area contributed by atoms with Crippen LogP contribution in [0.3, 0.4) is 0 Å². The maximum Gasteiger partial charge on any atom is 0 e. The van der Waals surface area contributed by atoms with Crippen LogP contribution >= 0.6 is 0 Å². The zero-order chi connectivity index (χ0) is 18.0. The summed E-state index contributed by atoms with van der Waals surface area (Å²) in [5.74, 6) is 0. The maximum atomic E-state index is 2.89. The number of aryl methyl sites for hydroxylation is 1. The van der Waals surface area contributed by atoms with Crippen LogP contribution in [-0.4, -0.2) is 0 Å². The van der Waals surface area contributed by atoms with Crippen LogP contribution in [0.1, 0.15) is 40.2 Å². The molecule has 0 unspecified atom stereocenters. The molecule has 0 aliphatic heterocycles. The fourth-order valence-corrected chi connectivity index (χ4v) is 2.07. The Balaban J connectivity index is -0.0000000768. The molecule has 0 N–H and O–H groups in total. The molecule has 3 radical (unpaired) electrons. The van der Waals surface area contributed by atoms with Gasteiger partial charge in [0.1, 0.15) is 0 Å². The molecule has 0 spiro atoms. The van der Waals surface area contributed by atoms with E-state index in [0.717, 1.165) is 6.42 Å². The average Bonchev–Trinajstić information content (AvgIpc) is 2.73. The topological polar surface area (TPSA) is 0 Å². The van der Waals surface area contributed by atoms with E-state index in [-0.39, 0.29) is 113 Å². The van der Waals surface area contributed by atoms with Crippen LogP contribution in [-0.2, 0) is 105 Å². The van der Waals surface area contributed by atoms with E-state index in [4.69, 9.17) is 0 Å². The van der Waals surface area contributed by atoms with E-state index in [2.05, 4.69) is 67.6 Å². The van der Waals surface area contributed by atoms with E-state index in [1.165, 1.54) is 16.7 Å². The van der Waals surface area contributed by atoms with Gasteiger partial charge in [-0.25, -0.2) is 0 Å². The third-order valence-electron chi connectivity index (χ3n) is 3.09. The molecule has 3 heteroatoms. The summed E-state index contributed by atoms with van der Waals surface area (Å²) in [7, 11) is 0. The molecular formula is C26H37Y3-3. The molecule has 0 aliphatic carbocycles. The smallest absolute Gasteiger partial charge is 0 e. The Labute approximate surface area is 258 Å². The van der Waals surface area contributed by atoms with Gasteiger partial charge < -0.3 is 14.9 Å². The van der Waals surface area contributed by atoms with Gasteiger partial charge in [0.25, 0.3) is 0 Å². The molecule has 0 heterocycles. The third-order valence-corrected chi connectivity index (χ3v) is 3.09. The fraction of sp³-hybridized carbons (Fsp3) is 0.231. The summed E-state index contributed by atoms with van der Waals surface area (Å²) in [6.45, 7) is 10.2. The number of hydrogen-bond acceptors (Lipinski definition) is 0. The molecule has 3 rings (SSSR count). The fourth-order valence-electron chi connectivity index (χ4n) is 2.07. The minimum atomic E-state index is 0. The minimum Gasteiger partial charge on any atom is -0.358 e. The van der Waals surface area contributed by atoms with E-state index >= 15 is 0 Å². The average molecular weight is 616 g/mol. The van der Waals surface area contributed by atoms with Gasteiger partial charge in [-0.3, -0.25) is 0 Å². The van der Waals surface area contributed by atoms with Crippen LogP contribution in [0.15, 0.2) is 84.9 Å². The van der Waals surface area contributed by atoms with Crippen molar-refractivity contribution in [1.29, 1.82) is 0 Å². The predicted molar refractivity (Wildman–Crippen MR) is 122 cm³/mol. The van der Waals surface area contributed by atoms with Gasteiger partial charge in [0, 0.05) is 98.1 Å². The van der Waals surface area contributed by atoms with Crippen molar-refractivity contribution in [3.63, 3.8) is 0 Å². The molecule has 3 aromatic rings. The monoisotopic (exact) mass is 616 g/mol. The molecule has 153 valence electrons. The Morgan fingerprint density at radius 3 is 1.38 bits per heavy atom. The van der Waals surface area contributed by atoms with Crippen molar-refractivity contribution < 1.29 is 98.1 Å². The van der Waals surface area contributed by atoms with E-state index in [1.807, 2.05) is 58.0 Å². The molecule has 0 aliphatic rings. The summed E-state index contributed by atoms with van der Waals surface area (Å²) in [6.07, 6.45) is 1.09. The maximum absolute atomic E-state index is 2.89. The Morgan fingerprint density at radius 2 is 1.00 bits per heavy atom. The van der Waals surface area contributed by atoms with Crippen molar-refractivity contribution in [2.75, 3.05) is 0 Å². The Morgan fingerprint density at radius 1 is 0.586 bits per heavy atom. The van der Waals surface area contributed by atoms with Crippen molar-refractivity contribution in [2.45, 2.75) is 41.0 Å². The predicted octanol–water partition coefficient (Wildman–Crippen LogP) is 8.35. The van der Waals surface area contributed by atoms with Crippen LogP contribution in [0.25, 0.3) is 11.1 Å². The number of rotatable bonds is 2. The normalized spacial score (nSPS) is 6.93. The summed E-state index contributed by atoms with van der Waals surface area (Å²) in [4.78, 5) is 0. The second-order valence-electron chi connectivity index (χ2n) is 4.45. The summed E-state index contributed by atoms with van der Waals surface area (Å²) in [5, 5.41) is 0. The van der Waals surface area contributed by atoms with Crippen LogP contribution < -0.4 is 0 Å². The van der Waals surface area contributed by atoms with E-state index in [0.29, 0.717) is 0 Å². The van der Waals surface area contributed by atoms with Gasteiger partial charge in [-0.15, -0.1) is 0 Å². The van der Waals surface area contributed by atoms with Crippen molar-refractivity contribution in [2.24, 2.45) is 0 Å². The van der Waals surface area contributed by atoms with Gasteiger partial charge in [-0.1, -0.05) is 89.2 Å². The van der Waals surface area contributed by atoms with Gasteiger partial charge in [0.05, 0.1) is 0 Å². The summed E-state index contributed by atoms with van der Waals surface area (Å²) >= 11 is 0.